The maximum atomic E-state index is 12.0. The van der Waals surface area contributed by atoms with Gasteiger partial charge in [-0.05, 0) is 38.2 Å². The maximum Gasteiger partial charge on any atom is 0.261 e. The van der Waals surface area contributed by atoms with Crippen LogP contribution < -0.4 is 5.32 Å². The lowest BCUT2D eigenvalue weighted by molar-refractivity contribution is -0.129. The van der Waals surface area contributed by atoms with E-state index in [9.17, 15) is 4.79 Å². The van der Waals surface area contributed by atoms with Crippen molar-refractivity contribution in [3.63, 3.8) is 0 Å². The number of likely N-dealkylation sites (N-methyl/N-ethyl adjacent to an activating group) is 1. The highest BCUT2D eigenvalue weighted by atomic mass is 16.5. The quantitative estimate of drug-likeness (QED) is 0.402. The molecule has 0 aliphatic heterocycles. The summed E-state index contributed by atoms with van der Waals surface area (Å²) in [6.07, 6.45) is 7.37. The van der Waals surface area contributed by atoms with E-state index in [0.29, 0.717) is 23.2 Å². The highest BCUT2D eigenvalue weighted by Crippen LogP contribution is 2.50. The molecule has 4 aromatic rings. The van der Waals surface area contributed by atoms with Crippen molar-refractivity contribution in [1.29, 1.82) is 0 Å². The summed E-state index contributed by atoms with van der Waals surface area (Å²) in [4.78, 5) is 27.4. The van der Waals surface area contributed by atoms with Crippen molar-refractivity contribution in [2.24, 2.45) is 5.92 Å². The summed E-state index contributed by atoms with van der Waals surface area (Å²) in [7, 11) is 5.27. The zero-order valence-electron chi connectivity index (χ0n) is 21.2. The van der Waals surface area contributed by atoms with Gasteiger partial charge in [0.2, 0.25) is 5.91 Å². The van der Waals surface area contributed by atoms with Crippen LogP contribution in [-0.4, -0.2) is 61.8 Å². The summed E-state index contributed by atoms with van der Waals surface area (Å²) in [5.74, 6) is 2.19. The minimum absolute atomic E-state index is 0.0419. The standard InChI is InChI=1S/C26H30N8O2/c1-16-23(28-13-21(27-3)30-16)17-6-8-19(9-7-17)26(2,20-10-11-20)25-31-24(36-32-25)18-12-29-34(14-18)15-22(35)33(4)5/h6-9,12-14,20H,10-11,15H2,1-5H3,(H,27,30). The van der Waals surface area contributed by atoms with E-state index in [1.807, 2.05) is 14.0 Å². The molecule has 0 bridgehead atoms. The fourth-order valence-corrected chi connectivity index (χ4v) is 4.46. The van der Waals surface area contributed by atoms with E-state index >= 15 is 0 Å². The number of rotatable bonds is 8. The largest absolute Gasteiger partial charge is 0.372 e. The highest BCUT2D eigenvalue weighted by Gasteiger charge is 2.47. The summed E-state index contributed by atoms with van der Waals surface area (Å²) in [6, 6.07) is 8.42. The molecule has 36 heavy (non-hydrogen) atoms. The predicted octanol–water partition coefficient (Wildman–Crippen LogP) is 3.54. The minimum atomic E-state index is -0.381. The molecule has 0 spiro atoms. The van der Waals surface area contributed by atoms with Crippen molar-refractivity contribution in [1.82, 2.24) is 34.8 Å². The average molecular weight is 487 g/mol. The second-order valence-electron chi connectivity index (χ2n) is 9.63. The Morgan fingerprint density at radius 1 is 1.17 bits per heavy atom. The number of hydrogen-bond acceptors (Lipinski definition) is 8. The summed E-state index contributed by atoms with van der Waals surface area (Å²) >= 11 is 0. The van der Waals surface area contributed by atoms with E-state index in [2.05, 4.69) is 56.7 Å². The molecule has 0 saturated heterocycles. The molecule has 10 nitrogen and oxygen atoms in total. The van der Waals surface area contributed by atoms with Gasteiger partial charge >= 0.3 is 0 Å². The molecule has 1 amide bonds. The van der Waals surface area contributed by atoms with Crippen molar-refractivity contribution < 1.29 is 9.32 Å². The molecule has 1 aliphatic carbocycles. The number of aryl methyl sites for hydroxylation is 1. The van der Waals surface area contributed by atoms with E-state index in [4.69, 9.17) is 9.51 Å². The summed E-state index contributed by atoms with van der Waals surface area (Å²) in [5, 5.41) is 11.7. The molecule has 1 aliphatic rings. The SMILES string of the molecule is CNc1cnc(-c2ccc(C(C)(c3noc(-c4cnn(CC(=O)N(C)C)c4)n3)C3CC3)cc2)c(C)n1. The lowest BCUT2D eigenvalue weighted by atomic mass is 9.77. The number of amides is 1. The number of carbonyl (C=O) groups excluding carboxylic acids is 1. The Balaban J connectivity index is 1.42. The number of benzene rings is 1. The fraction of sp³-hybridized carbons (Fsp3) is 0.385. The Bertz CT molecular complexity index is 1390. The number of aromatic nitrogens is 6. The third-order valence-corrected chi connectivity index (χ3v) is 6.92. The van der Waals surface area contributed by atoms with Crippen LogP contribution in [0.25, 0.3) is 22.7 Å². The van der Waals surface area contributed by atoms with Gasteiger partial charge in [0.25, 0.3) is 5.89 Å². The molecule has 1 atom stereocenters. The van der Waals surface area contributed by atoms with Crippen LogP contribution in [-0.2, 0) is 16.8 Å². The monoisotopic (exact) mass is 486 g/mol. The van der Waals surface area contributed by atoms with Gasteiger partial charge in [-0.2, -0.15) is 10.1 Å². The van der Waals surface area contributed by atoms with Gasteiger partial charge in [-0.25, -0.2) is 4.98 Å². The first-order valence-corrected chi connectivity index (χ1v) is 12.0. The maximum absolute atomic E-state index is 12.0. The molecule has 0 radical (unpaired) electrons. The first kappa shape index (κ1) is 23.7. The van der Waals surface area contributed by atoms with Gasteiger partial charge < -0.3 is 14.7 Å². The summed E-state index contributed by atoms with van der Waals surface area (Å²) < 4.78 is 7.24. The van der Waals surface area contributed by atoms with Gasteiger partial charge in [-0.3, -0.25) is 14.5 Å². The topological polar surface area (TPSA) is 115 Å². The van der Waals surface area contributed by atoms with E-state index in [1.165, 1.54) is 4.90 Å². The number of carbonyl (C=O) groups is 1. The van der Waals surface area contributed by atoms with Crippen LogP contribution in [0.2, 0.25) is 0 Å². The smallest absolute Gasteiger partial charge is 0.261 e. The second-order valence-corrected chi connectivity index (χ2v) is 9.63. The third-order valence-electron chi connectivity index (χ3n) is 6.92. The molecule has 1 aromatic carbocycles. The van der Waals surface area contributed by atoms with Crippen molar-refractivity contribution >= 4 is 11.7 Å². The van der Waals surface area contributed by atoms with Crippen LogP contribution in [0.3, 0.4) is 0 Å². The Morgan fingerprint density at radius 2 is 1.92 bits per heavy atom. The first-order valence-electron chi connectivity index (χ1n) is 12.0. The van der Waals surface area contributed by atoms with Gasteiger partial charge in [0.15, 0.2) is 5.82 Å². The minimum Gasteiger partial charge on any atom is -0.372 e. The number of anilines is 1. The predicted molar refractivity (Wildman–Crippen MR) is 135 cm³/mol. The van der Waals surface area contributed by atoms with E-state index in [1.54, 1.807) is 37.4 Å². The van der Waals surface area contributed by atoms with Crippen molar-refractivity contribution in [2.45, 2.75) is 38.6 Å². The fourth-order valence-electron chi connectivity index (χ4n) is 4.46. The van der Waals surface area contributed by atoms with E-state index in [-0.39, 0.29) is 17.9 Å². The Kier molecular flexibility index (Phi) is 6.03. The van der Waals surface area contributed by atoms with Crippen LogP contribution in [0.5, 0.6) is 0 Å². The van der Waals surface area contributed by atoms with E-state index in [0.717, 1.165) is 41.2 Å². The lowest BCUT2D eigenvalue weighted by Crippen LogP contribution is -2.28. The van der Waals surface area contributed by atoms with Crippen molar-refractivity contribution in [3.8, 4) is 22.7 Å². The van der Waals surface area contributed by atoms with Gasteiger partial charge in [0.05, 0.1) is 34.8 Å². The zero-order valence-corrected chi connectivity index (χ0v) is 21.2. The second kappa shape index (κ2) is 9.18. The molecule has 1 N–H and O–H groups in total. The van der Waals surface area contributed by atoms with Crippen molar-refractivity contribution in [2.75, 3.05) is 26.5 Å². The molecule has 1 unspecified atom stereocenters. The molecule has 1 saturated carbocycles. The molecule has 3 heterocycles. The Hall–Kier alpha value is -4.08. The Morgan fingerprint density at radius 3 is 2.56 bits per heavy atom. The third kappa shape index (κ3) is 4.34. The molecule has 10 heteroatoms. The van der Waals surface area contributed by atoms with Crippen LogP contribution in [0.15, 0.2) is 47.4 Å². The molecular weight excluding hydrogens is 456 g/mol. The lowest BCUT2D eigenvalue weighted by Gasteiger charge is -2.27. The van der Waals surface area contributed by atoms with Gasteiger partial charge in [-0.1, -0.05) is 29.4 Å². The van der Waals surface area contributed by atoms with Crippen molar-refractivity contribution in [3.05, 3.63) is 59.9 Å². The number of nitrogens with one attached hydrogen (secondary N) is 1. The van der Waals surface area contributed by atoms with Gasteiger partial charge in [0, 0.05) is 32.9 Å². The van der Waals surface area contributed by atoms with Gasteiger partial charge in [0.1, 0.15) is 12.4 Å². The zero-order chi connectivity index (χ0) is 25.4. The first-order chi connectivity index (χ1) is 17.3. The number of hydrogen-bond donors (Lipinski definition) is 1. The number of nitrogens with zero attached hydrogens (tertiary/aromatic N) is 7. The summed E-state index contributed by atoms with van der Waals surface area (Å²) in [5.41, 5.74) is 4.18. The van der Waals surface area contributed by atoms with Crippen LogP contribution >= 0.6 is 0 Å². The van der Waals surface area contributed by atoms with Gasteiger partial charge in [-0.15, -0.1) is 0 Å². The van der Waals surface area contributed by atoms with Crippen LogP contribution in [0, 0.1) is 12.8 Å². The molecule has 5 rings (SSSR count). The highest BCUT2D eigenvalue weighted by molar-refractivity contribution is 5.75. The van der Waals surface area contributed by atoms with Crippen LogP contribution in [0.4, 0.5) is 5.82 Å². The normalized spacial score (nSPS) is 14.9. The summed E-state index contributed by atoms with van der Waals surface area (Å²) in [6.45, 7) is 4.30. The average Bonchev–Trinajstić information content (AvgIpc) is 3.43. The van der Waals surface area contributed by atoms with E-state index < -0.39 is 0 Å². The van der Waals surface area contributed by atoms with Crippen LogP contribution in [0.1, 0.15) is 36.8 Å². The molecule has 3 aromatic heterocycles. The Labute approximate surface area is 209 Å². The molecule has 186 valence electrons. The molecule has 1 fully saturated rings. The molecular formula is C26H30N8O2.